The predicted molar refractivity (Wildman–Crippen MR) is 139 cm³/mol. The van der Waals surface area contributed by atoms with E-state index in [0.717, 1.165) is 11.6 Å². The van der Waals surface area contributed by atoms with Crippen LogP contribution in [0.4, 0.5) is 8.78 Å². The van der Waals surface area contributed by atoms with Crippen molar-refractivity contribution < 1.29 is 27.8 Å². The number of benzene rings is 3. The first-order valence-electron chi connectivity index (χ1n) is 11.7. The number of rotatable bonds is 11. The van der Waals surface area contributed by atoms with Gasteiger partial charge >= 0.3 is 0 Å². The Hall–Kier alpha value is -4.33. The molecule has 1 aromatic heterocycles. The molecule has 6 nitrogen and oxygen atoms in total. The molecule has 0 fully saturated rings. The van der Waals surface area contributed by atoms with Crippen LogP contribution in [-0.2, 0) is 13.0 Å². The summed E-state index contributed by atoms with van der Waals surface area (Å²) in [6.45, 7) is 4.37. The van der Waals surface area contributed by atoms with E-state index in [1.54, 1.807) is 43.1 Å². The van der Waals surface area contributed by atoms with Crippen molar-refractivity contribution >= 4 is 16.8 Å². The van der Waals surface area contributed by atoms with Crippen molar-refractivity contribution in [3.05, 3.63) is 102 Å². The van der Waals surface area contributed by atoms with Crippen LogP contribution < -0.4 is 19.5 Å². The minimum Gasteiger partial charge on any atom is -0.493 e. The Balaban J connectivity index is 1.62. The molecule has 1 amide bonds. The Morgan fingerprint density at radius 2 is 1.81 bits per heavy atom. The first kappa shape index (κ1) is 25.8. The monoisotopic (exact) mass is 506 g/mol. The fourth-order valence-corrected chi connectivity index (χ4v) is 4.16. The Labute approximate surface area is 214 Å². The van der Waals surface area contributed by atoms with Gasteiger partial charge in [-0.2, -0.15) is 0 Å². The second-order valence-electron chi connectivity index (χ2n) is 8.34. The van der Waals surface area contributed by atoms with Crippen molar-refractivity contribution in [3.63, 3.8) is 0 Å². The maximum absolute atomic E-state index is 14.5. The molecule has 1 N–H and O–H groups in total. The number of fused-ring (bicyclic) bond motifs is 1. The smallest absolute Gasteiger partial charge is 0.267 e. The predicted octanol–water partition coefficient (Wildman–Crippen LogP) is 5.52. The average molecular weight is 507 g/mol. The summed E-state index contributed by atoms with van der Waals surface area (Å²) in [5.74, 6) is 0.152. The number of hydrogen-bond acceptors (Lipinski definition) is 4. The molecule has 192 valence electrons. The van der Waals surface area contributed by atoms with Crippen LogP contribution in [0.3, 0.4) is 0 Å². The number of methoxy groups -OCH3 is 2. The third-order valence-corrected chi connectivity index (χ3v) is 5.99. The topological polar surface area (TPSA) is 61.7 Å². The lowest BCUT2D eigenvalue weighted by molar-refractivity contribution is 0.0945. The van der Waals surface area contributed by atoms with Gasteiger partial charge in [-0.1, -0.05) is 30.9 Å². The number of carbonyl (C=O) groups is 1. The Bertz CT molecular complexity index is 1430. The highest BCUT2D eigenvalue weighted by Gasteiger charge is 2.19. The van der Waals surface area contributed by atoms with Gasteiger partial charge in [-0.3, -0.25) is 4.79 Å². The summed E-state index contributed by atoms with van der Waals surface area (Å²) in [5.41, 5.74) is 2.25. The van der Waals surface area contributed by atoms with Crippen LogP contribution in [0.1, 0.15) is 21.6 Å². The van der Waals surface area contributed by atoms with Crippen molar-refractivity contribution in [3.8, 4) is 17.2 Å². The van der Waals surface area contributed by atoms with Gasteiger partial charge in [-0.15, -0.1) is 0 Å². The van der Waals surface area contributed by atoms with Gasteiger partial charge in [0.15, 0.2) is 11.5 Å². The van der Waals surface area contributed by atoms with Crippen molar-refractivity contribution in [2.24, 2.45) is 0 Å². The lowest BCUT2D eigenvalue weighted by Crippen LogP contribution is -2.28. The number of hydrogen-bond donors (Lipinski definition) is 1. The number of halogens is 2. The van der Waals surface area contributed by atoms with Crippen LogP contribution in [0.25, 0.3) is 10.9 Å². The maximum atomic E-state index is 14.5. The largest absolute Gasteiger partial charge is 0.493 e. The highest BCUT2D eigenvalue weighted by molar-refractivity contribution is 6.00. The van der Waals surface area contributed by atoms with Crippen LogP contribution in [0.5, 0.6) is 17.2 Å². The molecule has 0 radical (unpaired) electrons. The SMILES string of the molecule is C=CCOc1cccc2c1cc(C(=O)NCCc1ccc(OC)c(OC)c1)n2Cc1ccc(F)cc1F. The fourth-order valence-electron chi connectivity index (χ4n) is 4.16. The molecule has 0 spiro atoms. The summed E-state index contributed by atoms with van der Waals surface area (Å²) in [4.78, 5) is 13.3. The lowest BCUT2D eigenvalue weighted by Gasteiger charge is -2.13. The molecular weight excluding hydrogens is 478 g/mol. The first-order chi connectivity index (χ1) is 17.9. The van der Waals surface area contributed by atoms with Gasteiger partial charge in [-0.05, 0) is 48.4 Å². The van der Waals surface area contributed by atoms with Crippen molar-refractivity contribution in [1.29, 1.82) is 0 Å². The van der Waals surface area contributed by atoms with Crippen molar-refractivity contribution in [2.75, 3.05) is 27.4 Å². The molecular formula is C29H28F2N2O4. The van der Waals surface area contributed by atoms with E-state index in [1.165, 1.54) is 12.1 Å². The summed E-state index contributed by atoms with van der Waals surface area (Å²) < 4.78 is 46.1. The van der Waals surface area contributed by atoms with E-state index < -0.39 is 11.6 Å². The molecule has 0 unspecified atom stereocenters. The third-order valence-electron chi connectivity index (χ3n) is 5.99. The average Bonchev–Trinajstić information content (AvgIpc) is 3.27. The number of carbonyl (C=O) groups excluding carboxylic acids is 1. The zero-order valence-corrected chi connectivity index (χ0v) is 20.7. The Morgan fingerprint density at radius 1 is 1.00 bits per heavy atom. The van der Waals surface area contributed by atoms with Gasteiger partial charge in [0, 0.05) is 23.6 Å². The number of nitrogens with one attached hydrogen (secondary N) is 1. The highest BCUT2D eigenvalue weighted by Crippen LogP contribution is 2.31. The molecule has 3 aromatic carbocycles. The molecule has 4 aromatic rings. The van der Waals surface area contributed by atoms with Crippen LogP contribution in [0.15, 0.2) is 73.3 Å². The zero-order chi connectivity index (χ0) is 26.4. The van der Waals surface area contributed by atoms with Crippen molar-refractivity contribution in [2.45, 2.75) is 13.0 Å². The molecule has 37 heavy (non-hydrogen) atoms. The van der Waals surface area contributed by atoms with E-state index in [4.69, 9.17) is 14.2 Å². The quantitative estimate of drug-likeness (QED) is 0.272. The maximum Gasteiger partial charge on any atom is 0.267 e. The summed E-state index contributed by atoms with van der Waals surface area (Å²) in [6, 6.07) is 16.2. The third kappa shape index (κ3) is 5.74. The second-order valence-corrected chi connectivity index (χ2v) is 8.34. The van der Waals surface area contributed by atoms with E-state index in [9.17, 15) is 13.6 Å². The zero-order valence-electron chi connectivity index (χ0n) is 20.7. The van der Waals surface area contributed by atoms with Gasteiger partial charge in [0.1, 0.15) is 29.7 Å². The summed E-state index contributed by atoms with van der Waals surface area (Å²) in [5, 5.41) is 3.65. The minimum absolute atomic E-state index is 0.0406. The molecule has 0 aliphatic heterocycles. The minimum atomic E-state index is -0.680. The Morgan fingerprint density at radius 3 is 2.54 bits per heavy atom. The molecule has 4 rings (SSSR count). The molecule has 0 saturated heterocycles. The molecule has 0 saturated carbocycles. The van der Waals surface area contributed by atoms with Gasteiger partial charge < -0.3 is 24.1 Å². The number of amides is 1. The molecule has 0 atom stereocenters. The van der Waals surface area contributed by atoms with E-state index >= 15 is 0 Å². The number of nitrogens with zero attached hydrogens (tertiary/aromatic N) is 1. The van der Waals surface area contributed by atoms with Crippen LogP contribution in [-0.4, -0.2) is 37.8 Å². The van der Waals surface area contributed by atoms with Gasteiger partial charge in [0.2, 0.25) is 0 Å². The molecule has 8 heteroatoms. The van der Waals surface area contributed by atoms with Crippen LogP contribution >= 0.6 is 0 Å². The molecule has 0 bridgehead atoms. The van der Waals surface area contributed by atoms with Crippen LogP contribution in [0, 0.1) is 11.6 Å². The van der Waals surface area contributed by atoms with Gasteiger partial charge in [-0.25, -0.2) is 8.78 Å². The normalized spacial score (nSPS) is 10.8. The van der Waals surface area contributed by atoms with Gasteiger partial charge in [0.25, 0.3) is 5.91 Å². The molecule has 0 aliphatic carbocycles. The first-order valence-corrected chi connectivity index (χ1v) is 11.7. The summed E-state index contributed by atoms with van der Waals surface area (Å²) in [6.07, 6.45) is 2.19. The highest BCUT2D eigenvalue weighted by atomic mass is 19.1. The number of aromatic nitrogens is 1. The Kier molecular flexibility index (Phi) is 8.08. The fraction of sp³-hybridized carbons (Fsp3) is 0.207. The summed E-state index contributed by atoms with van der Waals surface area (Å²) in [7, 11) is 3.14. The van der Waals surface area contributed by atoms with E-state index in [-0.39, 0.29) is 18.0 Å². The standard InChI is InChI=1S/C29H28F2N2O4/c1-4-14-37-26-7-5-6-24-22(26)17-25(33(24)18-20-9-10-21(30)16-23(20)31)29(34)32-13-12-19-8-11-27(35-2)28(15-19)36-3/h4-11,15-17H,1,12-14,18H2,2-3H3,(H,32,34). The van der Waals surface area contributed by atoms with E-state index in [2.05, 4.69) is 11.9 Å². The van der Waals surface area contributed by atoms with Crippen LogP contribution in [0.2, 0.25) is 0 Å². The van der Waals surface area contributed by atoms with E-state index in [0.29, 0.717) is 53.4 Å². The van der Waals surface area contributed by atoms with Gasteiger partial charge in [0.05, 0.1) is 26.3 Å². The van der Waals surface area contributed by atoms with Crippen molar-refractivity contribution in [1.82, 2.24) is 9.88 Å². The number of ether oxygens (including phenoxy) is 3. The molecule has 0 aliphatic rings. The lowest BCUT2D eigenvalue weighted by atomic mass is 10.1. The van der Waals surface area contributed by atoms with E-state index in [1.807, 2.05) is 24.3 Å². The second kappa shape index (κ2) is 11.6. The molecule has 1 heterocycles. The summed E-state index contributed by atoms with van der Waals surface area (Å²) >= 11 is 0.